The molecule has 0 spiro atoms. The molecule has 0 fully saturated rings. The van der Waals surface area contributed by atoms with Crippen molar-refractivity contribution >= 4 is 6.08 Å². The molecule has 130 valence electrons. The molecule has 0 atom stereocenters. The van der Waals surface area contributed by atoms with Crippen molar-refractivity contribution in [3.05, 3.63) is 59.2 Å². The van der Waals surface area contributed by atoms with E-state index in [1.807, 2.05) is 39.0 Å². The van der Waals surface area contributed by atoms with Crippen LogP contribution in [-0.2, 0) is 12.8 Å². The number of ether oxygens (including phenoxy) is 2. The standard InChI is InChI=1S/C19H22O3.C2H6/c1-5-16-11-15(10-13(2)19(16)22-4)7-6-14-8-9-17(20)18(12-14)21-3;1-2/h5,8-12,20H,1,6-7H2,2-4H3;1-2H3. The van der Waals surface area contributed by atoms with E-state index < -0.39 is 0 Å². The first kappa shape index (κ1) is 19.6. The molecule has 2 aromatic rings. The fourth-order valence-electron chi connectivity index (χ4n) is 2.62. The molecule has 0 amide bonds. The van der Waals surface area contributed by atoms with Gasteiger partial charge in [-0.2, -0.15) is 0 Å². The molecule has 1 N–H and O–H groups in total. The van der Waals surface area contributed by atoms with E-state index in [0.29, 0.717) is 5.75 Å². The average Bonchev–Trinajstić information content (AvgIpc) is 2.62. The maximum absolute atomic E-state index is 9.63. The van der Waals surface area contributed by atoms with Crippen molar-refractivity contribution in [2.75, 3.05) is 14.2 Å². The van der Waals surface area contributed by atoms with E-state index in [0.717, 1.165) is 35.3 Å². The highest BCUT2D eigenvalue weighted by molar-refractivity contribution is 5.60. The third-order valence-electron chi connectivity index (χ3n) is 3.73. The van der Waals surface area contributed by atoms with Crippen LogP contribution in [0, 0.1) is 6.92 Å². The molecular weight excluding hydrogens is 300 g/mol. The molecule has 0 aromatic heterocycles. The van der Waals surface area contributed by atoms with Gasteiger partial charge in [0.15, 0.2) is 11.5 Å². The van der Waals surface area contributed by atoms with E-state index in [1.54, 1.807) is 20.3 Å². The van der Waals surface area contributed by atoms with Gasteiger partial charge in [0.1, 0.15) is 5.75 Å². The molecule has 0 aliphatic heterocycles. The highest BCUT2D eigenvalue weighted by Gasteiger charge is 2.08. The van der Waals surface area contributed by atoms with E-state index in [4.69, 9.17) is 9.47 Å². The molecule has 0 saturated carbocycles. The van der Waals surface area contributed by atoms with E-state index in [2.05, 4.69) is 18.7 Å². The average molecular weight is 328 g/mol. The van der Waals surface area contributed by atoms with E-state index in [-0.39, 0.29) is 5.75 Å². The molecule has 0 aliphatic carbocycles. The number of hydrogen-bond donors (Lipinski definition) is 1. The van der Waals surface area contributed by atoms with Crippen molar-refractivity contribution in [3.8, 4) is 17.2 Å². The summed E-state index contributed by atoms with van der Waals surface area (Å²) in [5, 5.41) is 9.63. The third-order valence-corrected chi connectivity index (χ3v) is 3.73. The zero-order valence-corrected chi connectivity index (χ0v) is 15.3. The van der Waals surface area contributed by atoms with Crippen molar-refractivity contribution in [3.63, 3.8) is 0 Å². The Morgan fingerprint density at radius 1 is 1.00 bits per heavy atom. The number of hydrogen-bond acceptors (Lipinski definition) is 3. The Balaban J connectivity index is 0.00000139. The van der Waals surface area contributed by atoms with Crippen LogP contribution in [0.2, 0.25) is 0 Å². The predicted octanol–water partition coefficient (Wildman–Crippen LogP) is 5.17. The van der Waals surface area contributed by atoms with Gasteiger partial charge in [-0.15, -0.1) is 0 Å². The van der Waals surface area contributed by atoms with Crippen LogP contribution >= 0.6 is 0 Å². The van der Waals surface area contributed by atoms with Crippen molar-refractivity contribution in [1.29, 1.82) is 0 Å². The van der Waals surface area contributed by atoms with Crippen LogP contribution < -0.4 is 9.47 Å². The largest absolute Gasteiger partial charge is 0.504 e. The summed E-state index contributed by atoms with van der Waals surface area (Å²) in [6, 6.07) is 9.71. The van der Waals surface area contributed by atoms with E-state index in [9.17, 15) is 5.11 Å². The van der Waals surface area contributed by atoms with E-state index in [1.165, 1.54) is 5.56 Å². The van der Waals surface area contributed by atoms with Crippen LogP contribution in [-0.4, -0.2) is 19.3 Å². The van der Waals surface area contributed by atoms with Crippen LogP contribution in [0.5, 0.6) is 17.2 Å². The number of rotatable bonds is 6. The molecular formula is C21H28O3. The molecule has 3 heteroatoms. The second-order valence-corrected chi connectivity index (χ2v) is 5.25. The zero-order valence-electron chi connectivity index (χ0n) is 15.3. The number of aromatic hydroxyl groups is 1. The highest BCUT2D eigenvalue weighted by atomic mass is 16.5. The molecule has 0 heterocycles. The van der Waals surface area contributed by atoms with Crippen LogP contribution in [0.15, 0.2) is 36.9 Å². The number of phenols is 1. The molecule has 3 nitrogen and oxygen atoms in total. The first-order valence-corrected chi connectivity index (χ1v) is 8.25. The Hall–Kier alpha value is -2.42. The summed E-state index contributed by atoms with van der Waals surface area (Å²) >= 11 is 0. The van der Waals surface area contributed by atoms with Gasteiger partial charge in [0.25, 0.3) is 0 Å². The molecule has 0 unspecified atom stereocenters. The van der Waals surface area contributed by atoms with Gasteiger partial charge in [-0.25, -0.2) is 0 Å². The fourth-order valence-corrected chi connectivity index (χ4v) is 2.62. The van der Waals surface area contributed by atoms with Crippen LogP contribution in [0.1, 0.15) is 36.1 Å². The first-order valence-electron chi connectivity index (χ1n) is 8.25. The van der Waals surface area contributed by atoms with E-state index >= 15 is 0 Å². The molecule has 0 radical (unpaired) electrons. The Bertz CT molecular complexity index is 675. The lowest BCUT2D eigenvalue weighted by Crippen LogP contribution is -1.97. The van der Waals surface area contributed by atoms with Crippen molar-refractivity contribution in [2.24, 2.45) is 0 Å². The fraction of sp³-hybridized carbons (Fsp3) is 0.333. The summed E-state index contributed by atoms with van der Waals surface area (Å²) in [5.41, 5.74) is 4.49. The Kier molecular flexibility index (Phi) is 7.90. The summed E-state index contributed by atoms with van der Waals surface area (Å²) in [5.74, 6) is 1.56. The molecule has 0 aliphatic rings. The van der Waals surface area contributed by atoms with Gasteiger partial charge < -0.3 is 14.6 Å². The molecule has 0 bridgehead atoms. The number of phenolic OH excluding ortho intramolecular Hbond substituents is 1. The Morgan fingerprint density at radius 2 is 1.67 bits per heavy atom. The maximum atomic E-state index is 9.63. The van der Waals surface area contributed by atoms with Crippen LogP contribution in [0.3, 0.4) is 0 Å². The molecule has 2 aromatic carbocycles. The lowest BCUT2D eigenvalue weighted by Gasteiger charge is -2.12. The molecule has 24 heavy (non-hydrogen) atoms. The second-order valence-electron chi connectivity index (χ2n) is 5.25. The number of methoxy groups -OCH3 is 2. The van der Waals surface area contributed by atoms with Crippen molar-refractivity contribution in [2.45, 2.75) is 33.6 Å². The minimum absolute atomic E-state index is 0.167. The Morgan fingerprint density at radius 3 is 2.25 bits per heavy atom. The zero-order chi connectivity index (χ0) is 18.1. The lowest BCUT2D eigenvalue weighted by atomic mass is 9.99. The predicted molar refractivity (Wildman–Crippen MR) is 101 cm³/mol. The van der Waals surface area contributed by atoms with Crippen molar-refractivity contribution < 1.29 is 14.6 Å². The minimum atomic E-state index is 0.167. The summed E-state index contributed by atoms with van der Waals surface area (Å²) in [6.45, 7) is 9.89. The van der Waals surface area contributed by atoms with Gasteiger partial charge in [-0.1, -0.05) is 38.6 Å². The number of benzene rings is 2. The SMILES string of the molecule is C=Cc1cc(CCc2ccc(O)c(OC)c2)cc(C)c1OC.CC. The molecule has 0 saturated heterocycles. The van der Waals surface area contributed by atoms with Gasteiger partial charge in [0.05, 0.1) is 14.2 Å². The molecule has 2 rings (SSSR count). The first-order chi connectivity index (χ1) is 11.6. The quantitative estimate of drug-likeness (QED) is 0.795. The summed E-state index contributed by atoms with van der Waals surface area (Å²) in [7, 11) is 3.24. The smallest absolute Gasteiger partial charge is 0.160 e. The van der Waals surface area contributed by atoms with Gasteiger partial charge in [0.2, 0.25) is 0 Å². The monoisotopic (exact) mass is 328 g/mol. The maximum Gasteiger partial charge on any atom is 0.160 e. The van der Waals surface area contributed by atoms with Crippen LogP contribution in [0.25, 0.3) is 6.08 Å². The van der Waals surface area contributed by atoms with Crippen LogP contribution in [0.4, 0.5) is 0 Å². The summed E-state index contributed by atoms with van der Waals surface area (Å²) in [6.07, 6.45) is 3.59. The van der Waals surface area contributed by atoms with Crippen molar-refractivity contribution in [1.82, 2.24) is 0 Å². The van der Waals surface area contributed by atoms with Gasteiger partial charge in [-0.3, -0.25) is 0 Å². The summed E-state index contributed by atoms with van der Waals surface area (Å²) in [4.78, 5) is 0. The summed E-state index contributed by atoms with van der Waals surface area (Å²) < 4.78 is 10.6. The topological polar surface area (TPSA) is 38.7 Å². The van der Waals surface area contributed by atoms with Gasteiger partial charge in [-0.05, 0) is 54.7 Å². The lowest BCUT2D eigenvalue weighted by molar-refractivity contribution is 0.373. The minimum Gasteiger partial charge on any atom is -0.504 e. The Labute approximate surface area is 145 Å². The second kappa shape index (κ2) is 9.66. The van der Waals surface area contributed by atoms with Gasteiger partial charge in [0, 0.05) is 5.56 Å². The third kappa shape index (κ3) is 4.79. The normalized spacial score (nSPS) is 9.71. The highest BCUT2D eigenvalue weighted by Crippen LogP contribution is 2.29. The van der Waals surface area contributed by atoms with Gasteiger partial charge >= 0.3 is 0 Å². The number of aryl methyl sites for hydroxylation is 3.